The van der Waals surface area contributed by atoms with Gasteiger partial charge in [0, 0.05) is 10.9 Å². The molecule has 19 heavy (non-hydrogen) atoms. The summed E-state index contributed by atoms with van der Waals surface area (Å²) in [6.07, 6.45) is 0.223. The zero-order valence-electron chi connectivity index (χ0n) is 10.8. The van der Waals surface area contributed by atoms with Crippen molar-refractivity contribution < 1.29 is 9.18 Å². The summed E-state index contributed by atoms with van der Waals surface area (Å²) in [5.41, 5.74) is 3.28. The standard InChI is InChI=1S/C16H14BrFO/c1-10-5-11(2)7-12(6-10)8-16(19)14-4-3-13(17)9-15(14)18/h3-7,9H,8H2,1-2H3. The van der Waals surface area contributed by atoms with Gasteiger partial charge < -0.3 is 0 Å². The van der Waals surface area contributed by atoms with Crippen molar-refractivity contribution in [2.24, 2.45) is 0 Å². The molecule has 0 unspecified atom stereocenters. The van der Waals surface area contributed by atoms with Gasteiger partial charge in [-0.25, -0.2) is 4.39 Å². The molecule has 0 saturated heterocycles. The molecule has 98 valence electrons. The summed E-state index contributed by atoms with van der Waals surface area (Å²) in [7, 11) is 0. The summed E-state index contributed by atoms with van der Waals surface area (Å²) in [6, 6.07) is 10.5. The number of carbonyl (C=O) groups is 1. The molecule has 2 aromatic carbocycles. The number of carbonyl (C=O) groups excluding carboxylic acids is 1. The van der Waals surface area contributed by atoms with Gasteiger partial charge in [0.2, 0.25) is 0 Å². The molecular formula is C16H14BrFO. The number of Topliss-reactive ketones (excluding diaryl/α,β-unsaturated/α-hetero) is 1. The van der Waals surface area contributed by atoms with E-state index in [0.717, 1.165) is 16.7 Å². The SMILES string of the molecule is Cc1cc(C)cc(CC(=O)c2ccc(Br)cc2F)c1. The second-order valence-electron chi connectivity index (χ2n) is 4.72. The van der Waals surface area contributed by atoms with E-state index in [0.29, 0.717) is 4.47 Å². The molecule has 1 nitrogen and oxygen atoms in total. The monoisotopic (exact) mass is 320 g/mol. The highest BCUT2D eigenvalue weighted by Crippen LogP contribution is 2.18. The third-order valence-electron chi connectivity index (χ3n) is 2.88. The van der Waals surface area contributed by atoms with Crippen LogP contribution in [0, 0.1) is 19.7 Å². The fourth-order valence-corrected chi connectivity index (χ4v) is 2.50. The van der Waals surface area contributed by atoms with Gasteiger partial charge >= 0.3 is 0 Å². The van der Waals surface area contributed by atoms with Crippen molar-refractivity contribution in [3.8, 4) is 0 Å². The van der Waals surface area contributed by atoms with E-state index in [1.54, 1.807) is 6.07 Å². The minimum atomic E-state index is -0.483. The first kappa shape index (κ1) is 13.9. The average Bonchev–Trinajstić information content (AvgIpc) is 2.26. The van der Waals surface area contributed by atoms with E-state index in [-0.39, 0.29) is 17.8 Å². The van der Waals surface area contributed by atoms with Crippen molar-refractivity contribution in [1.82, 2.24) is 0 Å². The zero-order chi connectivity index (χ0) is 14.0. The molecule has 0 aliphatic carbocycles. The highest BCUT2D eigenvalue weighted by Gasteiger charge is 2.13. The highest BCUT2D eigenvalue weighted by atomic mass is 79.9. The summed E-state index contributed by atoms with van der Waals surface area (Å²) in [6.45, 7) is 3.97. The lowest BCUT2D eigenvalue weighted by Gasteiger charge is -2.06. The lowest BCUT2D eigenvalue weighted by Crippen LogP contribution is -2.06. The van der Waals surface area contributed by atoms with E-state index < -0.39 is 5.82 Å². The van der Waals surface area contributed by atoms with Crippen molar-refractivity contribution >= 4 is 21.7 Å². The first-order valence-corrected chi connectivity index (χ1v) is 6.80. The molecule has 0 spiro atoms. The Balaban J connectivity index is 2.25. The molecule has 0 heterocycles. The molecule has 0 fully saturated rings. The summed E-state index contributed by atoms with van der Waals surface area (Å²) in [5.74, 6) is -0.682. The third kappa shape index (κ3) is 3.51. The molecule has 2 rings (SSSR count). The predicted octanol–water partition coefficient (Wildman–Crippen LogP) is 4.63. The normalized spacial score (nSPS) is 10.5. The van der Waals surface area contributed by atoms with Crippen molar-refractivity contribution in [3.63, 3.8) is 0 Å². The number of ketones is 1. The smallest absolute Gasteiger partial charge is 0.170 e. The van der Waals surface area contributed by atoms with Crippen molar-refractivity contribution in [3.05, 3.63) is 68.9 Å². The molecule has 0 atom stereocenters. The van der Waals surface area contributed by atoms with Gasteiger partial charge in [-0.05, 0) is 37.6 Å². The van der Waals surface area contributed by atoms with Crippen molar-refractivity contribution in [2.75, 3.05) is 0 Å². The number of aryl methyl sites for hydroxylation is 2. The summed E-state index contributed by atoms with van der Waals surface area (Å²) in [4.78, 5) is 12.1. The Labute approximate surface area is 120 Å². The molecule has 0 aliphatic rings. The fraction of sp³-hybridized carbons (Fsp3) is 0.188. The number of rotatable bonds is 3. The highest BCUT2D eigenvalue weighted by molar-refractivity contribution is 9.10. The molecule has 0 bridgehead atoms. The lowest BCUT2D eigenvalue weighted by molar-refractivity contribution is 0.0989. The van der Waals surface area contributed by atoms with Gasteiger partial charge in [-0.1, -0.05) is 45.3 Å². The van der Waals surface area contributed by atoms with Gasteiger partial charge in [0.1, 0.15) is 5.82 Å². The molecular weight excluding hydrogens is 307 g/mol. The van der Waals surface area contributed by atoms with Crippen LogP contribution in [-0.2, 0) is 6.42 Å². The average molecular weight is 321 g/mol. The van der Waals surface area contributed by atoms with Gasteiger partial charge in [-0.3, -0.25) is 4.79 Å². The molecule has 0 radical (unpaired) electrons. The number of hydrogen-bond donors (Lipinski definition) is 0. The van der Waals surface area contributed by atoms with Crippen LogP contribution in [0.1, 0.15) is 27.0 Å². The minimum Gasteiger partial charge on any atom is -0.294 e. The van der Waals surface area contributed by atoms with Crippen LogP contribution in [0.3, 0.4) is 0 Å². The molecule has 3 heteroatoms. The Morgan fingerprint density at radius 1 is 1.11 bits per heavy atom. The van der Waals surface area contributed by atoms with Crippen LogP contribution < -0.4 is 0 Å². The van der Waals surface area contributed by atoms with Crippen LogP contribution in [0.15, 0.2) is 40.9 Å². The molecule has 2 aromatic rings. The summed E-state index contributed by atoms with van der Waals surface area (Å²) < 4.78 is 14.3. The van der Waals surface area contributed by atoms with E-state index in [4.69, 9.17) is 0 Å². The Hall–Kier alpha value is -1.48. The molecule has 0 aliphatic heterocycles. The van der Waals surface area contributed by atoms with E-state index in [1.807, 2.05) is 32.0 Å². The van der Waals surface area contributed by atoms with E-state index >= 15 is 0 Å². The maximum atomic E-state index is 13.7. The maximum absolute atomic E-state index is 13.7. The quantitative estimate of drug-likeness (QED) is 0.753. The van der Waals surface area contributed by atoms with Gasteiger partial charge in [0.15, 0.2) is 5.78 Å². The second-order valence-corrected chi connectivity index (χ2v) is 5.64. The molecule has 0 saturated carbocycles. The Bertz CT molecular complexity index is 614. The Morgan fingerprint density at radius 2 is 1.74 bits per heavy atom. The van der Waals surface area contributed by atoms with Gasteiger partial charge in [0.05, 0.1) is 5.56 Å². The largest absolute Gasteiger partial charge is 0.294 e. The topological polar surface area (TPSA) is 17.1 Å². The summed E-state index contributed by atoms with van der Waals surface area (Å²) >= 11 is 3.18. The molecule has 0 amide bonds. The minimum absolute atomic E-state index is 0.141. The van der Waals surface area contributed by atoms with E-state index in [1.165, 1.54) is 12.1 Å². The maximum Gasteiger partial charge on any atom is 0.170 e. The van der Waals surface area contributed by atoms with E-state index in [9.17, 15) is 9.18 Å². The van der Waals surface area contributed by atoms with E-state index in [2.05, 4.69) is 15.9 Å². The van der Waals surface area contributed by atoms with Gasteiger partial charge in [-0.2, -0.15) is 0 Å². The number of benzene rings is 2. The van der Waals surface area contributed by atoms with Crippen LogP contribution in [0.5, 0.6) is 0 Å². The van der Waals surface area contributed by atoms with Gasteiger partial charge in [0.25, 0.3) is 0 Å². The lowest BCUT2D eigenvalue weighted by atomic mass is 9.99. The van der Waals surface area contributed by atoms with Crippen molar-refractivity contribution in [2.45, 2.75) is 20.3 Å². The van der Waals surface area contributed by atoms with Crippen LogP contribution in [-0.4, -0.2) is 5.78 Å². The van der Waals surface area contributed by atoms with Crippen molar-refractivity contribution in [1.29, 1.82) is 0 Å². The fourth-order valence-electron chi connectivity index (χ4n) is 2.17. The first-order valence-electron chi connectivity index (χ1n) is 6.01. The molecule has 0 aromatic heterocycles. The number of halogens is 2. The third-order valence-corrected chi connectivity index (χ3v) is 3.37. The number of hydrogen-bond acceptors (Lipinski definition) is 1. The van der Waals surface area contributed by atoms with Crippen LogP contribution >= 0.6 is 15.9 Å². The predicted molar refractivity (Wildman–Crippen MR) is 78.1 cm³/mol. The zero-order valence-corrected chi connectivity index (χ0v) is 12.4. The first-order chi connectivity index (χ1) is 8.95. The van der Waals surface area contributed by atoms with Crippen LogP contribution in [0.2, 0.25) is 0 Å². The Morgan fingerprint density at radius 3 is 2.32 bits per heavy atom. The van der Waals surface area contributed by atoms with Crippen LogP contribution in [0.25, 0.3) is 0 Å². The van der Waals surface area contributed by atoms with Crippen LogP contribution in [0.4, 0.5) is 4.39 Å². The molecule has 0 N–H and O–H groups in total. The van der Waals surface area contributed by atoms with Gasteiger partial charge in [-0.15, -0.1) is 0 Å². The Kier molecular flexibility index (Phi) is 4.15. The summed E-state index contributed by atoms with van der Waals surface area (Å²) in [5, 5.41) is 0. The second kappa shape index (κ2) is 5.66.